The Morgan fingerprint density at radius 3 is 2.77 bits per heavy atom. The number of nitro groups is 1. The second-order valence-electron chi connectivity index (χ2n) is 4.25. The molecule has 0 radical (unpaired) electrons. The highest BCUT2D eigenvalue weighted by Gasteiger charge is 2.15. The SMILES string of the molecule is COc1ccc(CSCC(=O)NCCC(=O)O)cc1[N+](=O)[O-]. The molecule has 0 fully saturated rings. The molecule has 0 heterocycles. The predicted molar refractivity (Wildman–Crippen MR) is 81.1 cm³/mol. The minimum absolute atomic E-state index is 0.0860. The van der Waals surface area contributed by atoms with Crippen molar-refractivity contribution >= 4 is 29.3 Å². The Hall–Kier alpha value is -2.29. The monoisotopic (exact) mass is 328 g/mol. The molecule has 0 saturated heterocycles. The lowest BCUT2D eigenvalue weighted by Gasteiger charge is -2.06. The van der Waals surface area contributed by atoms with E-state index in [-0.39, 0.29) is 36.1 Å². The fraction of sp³-hybridized carbons (Fsp3) is 0.385. The van der Waals surface area contributed by atoms with Crippen LogP contribution in [0.15, 0.2) is 18.2 Å². The van der Waals surface area contributed by atoms with E-state index in [1.54, 1.807) is 6.07 Å². The number of aliphatic carboxylic acids is 1. The van der Waals surface area contributed by atoms with E-state index in [9.17, 15) is 19.7 Å². The first kappa shape index (κ1) is 17.8. The van der Waals surface area contributed by atoms with Gasteiger partial charge in [0.1, 0.15) is 0 Å². The van der Waals surface area contributed by atoms with Gasteiger partial charge in [-0.1, -0.05) is 6.07 Å². The van der Waals surface area contributed by atoms with Gasteiger partial charge in [0.05, 0.1) is 24.2 Å². The van der Waals surface area contributed by atoms with Crippen LogP contribution in [0.2, 0.25) is 0 Å². The Kier molecular flexibility index (Phi) is 7.17. The molecule has 0 unspecified atom stereocenters. The molecule has 0 aliphatic carbocycles. The van der Waals surface area contributed by atoms with Crippen molar-refractivity contribution in [3.63, 3.8) is 0 Å². The fourth-order valence-corrected chi connectivity index (χ4v) is 2.39. The number of hydrogen-bond acceptors (Lipinski definition) is 6. The van der Waals surface area contributed by atoms with Crippen molar-refractivity contribution in [1.29, 1.82) is 0 Å². The summed E-state index contributed by atoms with van der Waals surface area (Å²) in [5.41, 5.74) is 0.586. The van der Waals surface area contributed by atoms with Crippen molar-refractivity contribution in [3.8, 4) is 5.75 Å². The molecule has 120 valence electrons. The molecule has 0 aliphatic heterocycles. The van der Waals surface area contributed by atoms with Gasteiger partial charge >= 0.3 is 11.7 Å². The molecule has 9 heteroatoms. The number of amides is 1. The second kappa shape index (κ2) is 8.88. The van der Waals surface area contributed by atoms with Gasteiger partial charge in [0.2, 0.25) is 5.91 Å². The lowest BCUT2D eigenvalue weighted by atomic mass is 10.2. The summed E-state index contributed by atoms with van der Waals surface area (Å²) in [7, 11) is 1.36. The normalized spacial score (nSPS) is 10.0. The summed E-state index contributed by atoms with van der Waals surface area (Å²) < 4.78 is 4.91. The van der Waals surface area contributed by atoms with Crippen molar-refractivity contribution in [2.75, 3.05) is 19.4 Å². The zero-order valence-electron chi connectivity index (χ0n) is 11.9. The van der Waals surface area contributed by atoms with Gasteiger partial charge in [0.15, 0.2) is 5.75 Å². The number of methoxy groups -OCH3 is 1. The molecule has 0 bridgehead atoms. The Labute approximate surface area is 131 Å². The highest BCUT2D eigenvalue weighted by molar-refractivity contribution is 7.99. The molecule has 1 aromatic rings. The first-order valence-corrected chi connectivity index (χ1v) is 7.47. The van der Waals surface area contributed by atoms with Crippen molar-refractivity contribution in [2.24, 2.45) is 0 Å². The molecule has 22 heavy (non-hydrogen) atoms. The third-order valence-electron chi connectivity index (χ3n) is 2.60. The molecule has 1 amide bonds. The van der Waals surface area contributed by atoms with E-state index < -0.39 is 10.9 Å². The standard InChI is InChI=1S/C13H16N2O6S/c1-21-11-3-2-9(6-10(11)15(19)20)7-22-8-12(16)14-5-4-13(17)18/h2-3,6H,4-5,7-8H2,1H3,(H,14,16)(H,17,18). The van der Waals surface area contributed by atoms with Crippen LogP contribution >= 0.6 is 11.8 Å². The molecular formula is C13H16N2O6S. The van der Waals surface area contributed by atoms with Crippen LogP contribution in [0.3, 0.4) is 0 Å². The minimum Gasteiger partial charge on any atom is -0.490 e. The topological polar surface area (TPSA) is 119 Å². The van der Waals surface area contributed by atoms with Crippen molar-refractivity contribution in [3.05, 3.63) is 33.9 Å². The van der Waals surface area contributed by atoms with E-state index in [4.69, 9.17) is 9.84 Å². The van der Waals surface area contributed by atoms with Gasteiger partial charge in [-0.25, -0.2) is 0 Å². The Bertz CT molecular complexity index is 563. The lowest BCUT2D eigenvalue weighted by Crippen LogP contribution is -2.27. The van der Waals surface area contributed by atoms with Crippen LogP contribution in [-0.4, -0.2) is 41.3 Å². The van der Waals surface area contributed by atoms with Gasteiger partial charge in [-0.2, -0.15) is 0 Å². The van der Waals surface area contributed by atoms with Gasteiger partial charge in [-0.15, -0.1) is 11.8 Å². The summed E-state index contributed by atoms with van der Waals surface area (Å²) >= 11 is 1.28. The molecule has 0 aromatic heterocycles. The molecule has 1 rings (SSSR count). The molecule has 2 N–H and O–H groups in total. The summed E-state index contributed by atoms with van der Waals surface area (Å²) in [6.45, 7) is 0.0860. The van der Waals surface area contributed by atoms with Gasteiger partial charge < -0.3 is 15.2 Å². The first-order valence-electron chi connectivity index (χ1n) is 6.31. The van der Waals surface area contributed by atoms with Crippen LogP contribution in [0.4, 0.5) is 5.69 Å². The maximum Gasteiger partial charge on any atom is 0.311 e. The molecule has 1 aromatic carbocycles. The molecule has 0 atom stereocenters. The van der Waals surface area contributed by atoms with E-state index in [1.807, 2.05) is 0 Å². The molecule has 8 nitrogen and oxygen atoms in total. The Morgan fingerprint density at radius 2 is 2.18 bits per heavy atom. The van der Waals surface area contributed by atoms with Crippen molar-refractivity contribution < 1.29 is 24.4 Å². The van der Waals surface area contributed by atoms with Crippen molar-refractivity contribution in [1.82, 2.24) is 5.32 Å². The van der Waals surface area contributed by atoms with E-state index in [2.05, 4.69) is 5.32 Å². The van der Waals surface area contributed by atoms with Gasteiger partial charge in [-0.3, -0.25) is 19.7 Å². The Morgan fingerprint density at radius 1 is 1.45 bits per heavy atom. The van der Waals surface area contributed by atoms with E-state index in [0.29, 0.717) is 11.3 Å². The lowest BCUT2D eigenvalue weighted by molar-refractivity contribution is -0.385. The third kappa shape index (κ3) is 6.00. The zero-order chi connectivity index (χ0) is 16.5. The summed E-state index contributed by atoms with van der Waals surface area (Å²) in [6, 6.07) is 4.62. The zero-order valence-corrected chi connectivity index (χ0v) is 12.7. The summed E-state index contributed by atoms with van der Waals surface area (Å²) in [5.74, 6) is -0.477. The predicted octanol–water partition coefficient (Wildman–Crippen LogP) is 1.43. The fourth-order valence-electron chi connectivity index (χ4n) is 1.59. The quantitative estimate of drug-likeness (QED) is 0.520. The molecule has 0 spiro atoms. The molecule has 0 saturated carbocycles. The number of thioether (sulfide) groups is 1. The van der Waals surface area contributed by atoms with Crippen LogP contribution in [-0.2, 0) is 15.3 Å². The molecule has 0 aliphatic rings. The summed E-state index contributed by atoms with van der Waals surface area (Å²) in [4.78, 5) is 32.1. The van der Waals surface area contributed by atoms with Crippen molar-refractivity contribution in [2.45, 2.75) is 12.2 Å². The van der Waals surface area contributed by atoms with E-state index in [0.717, 1.165) is 0 Å². The van der Waals surface area contributed by atoms with Crippen LogP contribution in [0.5, 0.6) is 5.75 Å². The smallest absolute Gasteiger partial charge is 0.311 e. The second-order valence-corrected chi connectivity index (χ2v) is 5.24. The maximum atomic E-state index is 11.4. The number of hydrogen-bond donors (Lipinski definition) is 2. The van der Waals surface area contributed by atoms with Gasteiger partial charge in [0, 0.05) is 18.4 Å². The highest BCUT2D eigenvalue weighted by Crippen LogP contribution is 2.28. The van der Waals surface area contributed by atoms with E-state index in [1.165, 1.54) is 31.0 Å². The van der Waals surface area contributed by atoms with E-state index >= 15 is 0 Å². The first-order chi connectivity index (χ1) is 10.4. The summed E-state index contributed by atoms with van der Waals surface area (Å²) in [5, 5.41) is 21.8. The largest absolute Gasteiger partial charge is 0.490 e. The maximum absolute atomic E-state index is 11.4. The average Bonchev–Trinajstić information content (AvgIpc) is 2.46. The van der Waals surface area contributed by atoms with Crippen LogP contribution in [0.25, 0.3) is 0 Å². The van der Waals surface area contributed by atoms with Crippen LogP contribution < -0.4 is 10.1 Å². The number of nitro benzene ring substituents is 1. The van der Waals surface area contributed by atoms with Crippen LogP contribution in [0.1, 0.15) is 12.0 Å². The number of carboxylic acid groups (broad SMARTS) is 1. The third-order valence-corrected chi connectivity index (χ3v) is 3.61. The van der Waals surface area contributed by atoms with Gasteiger partial charge in [-0.05, 0) is 11.6 Å². The minimum atomic E-state index is -0.974. The number of nitrogens with zero attached hydrogens (tertiary/aromatic N) is 1. The number of carbonyl (C=O) groups is 2. The Balaban J connectivity index is 2.45. The van der Waals surface area contributed by atoms with Gasteiger partial charge in [0.25, 0.3) is 0 Å². The molecular weight excluding hydrogens is 312 g/mol. The number of rotatable bonds is 9. The highest BCUT2D eigenvalue weighted by atomic mass is 32.2. The average molecular weight is 328 g/mol. The number of nitrogens with one attached hydrogen (secondary N) is 1. The number of benzene rings is 1. The van der Waals surface area contributed by atoms with Crippen LogP contribution in [0, 0.1) is 10.1 Å². The summed E-state index contributed by atoms with van der Waals surface area (Å²) in [6.07, 6.45) is -0.124. The number of ether oxygens (including phenoxy) is 1. The number of carbonyl (C=O) groups excluding carboxylic acids is 1. The number of carboxylic acids is 1.